The lowest BCUT2D eigenvalue weighted by Crippen LogP contribution is -2.31. The predicted molar refractivity (Wildman–Crippen MR) is 115 cm³/mol. The fourth-order valence-corrected chi connectivity index (χ4v) is 4.33. The van der Waals surface area contributed by atoms with Gasteiger partial charge in [0, 0.05) is 17.8 Å². The molecule has 8 nitrogen and oxygen atoms in total. The number of nitrogens with one attached hydrogen (secondary N) is 2. The van der Waals surface area contributed by atoms with Crippen molar-refractivity contribution >= 4 is 23.9 Å². The number of rotatable bonds is 8. The molecule has 0 aliphatic carbocycles. The average molecular weight is 423 g/mol. The Balaban J connectivity index is 1.36. The number of aliphatic carboxylic acids is 1. The lowest BCUT2D eigenvalue weighted by Gasteiger charge is -2.25. The van der Waals surface area contributed by atoms with Gasteiger partial charge in [-0.1, -0.05) is 30.3 Å². The van der Waals surface area contributed by atoms with E-state index in [9.17, 15) is 9.59 Å². The van der Waals surface area contributed by atoms with Crippen LogP contribution in [0.1, 0.15) is 18.4 Å². The minimum absolute atomic E-state index is 0.0966. The van der Waals surface area contributed by atoms with E-state index in [1.165, 1.54) is 0 Å². The maximum absolute atomic E-state index is 12.0. The number of carbonyl (C=O) groups is 2. The fourth-order valence-electron chi connectivity index (χ4n) is 4.33. The standard InChI is InChI=1S/C23H25N3O5/c27-22(28)14-30-17-8-4-5-15(11-17)12-18-19(21-10-9-20(18)31-21)13-24-26-23(29)25-16-6-2-1-3-7-16/h1-8,11,13,18-21H,9-10,12,14H2,(H,27,28)(H2,25,26,29)/b24-13+. The Kier molecular flexibility index (Phi) is 6.47. The van der Waals surface area contributed by atoms with Crippen LogP contribution < -0.4 is 15.5 Å². The molecule has 4 atom stereocenters. The number of carboxylic acids is 1. The zero-order valence-corrected chi connectivity index (χ0v) is 16.9. The van der Waals surface area contributed by atoms with Crippen molar-refractivity contribution in [3.05, 3.63) is 60.2 Å². The molecule has 3 N–H and O–H groups in total. The van der Waals surface area contributed by atoms with Crippen molar-refractivity contribution in [1.82, 2.24) is 5.43 Å². The van der Waals surface area contributed by atoms with Crippen LogP contribution in [0.5, 0.6) is 5.75 Å². The zero-order chi connectivity index (χ0) is 21.6. The topological polar surface area (TPSA) is 109 Å². The molecule has 2 fully saturated rings. The van der Waals surface area contributed by atoms with E-state index < -0.39 is 12.0 Å². The van der Waals surface area contributed by atoms with Crippen LogP contribution in [0.2, 0.25) is 0 Å². The number of ether oxygens (including phenoxy) is 2. The van der Waals surface area contributed by atoms with Crippen molar-refractivity contribution in [2.45, 2.75) is 31.5 Å². The highest BCUT2D eigenvalue weighted by molar-refractivity contribution is 5.89. The van der Waals surface area contributed by atoms with Gasteiger partial charge in [0.25, 0.3) is 0 Å². The second-order valence-corrected chi connectivity index (χ2v) is 7.78. The molecule has 2 saturated heterocycles. The van der Waals surface area contributed by atoms with Crippen LogP contribution >= 0.6 is 0 Å². The monoisotopic (exact) mass is 423 g/mol. The minimum Gasteiger partial charge on any atom is -0.482 e. The summed E-state index contributed by atoms with van der Waals surface area (Å²) in [6.45, 7) is -0.368. The molecule has 0 aromatic heterocycles. The van der Waals surface area contributed by atoms with Crippen molar-refractivity contribution in [2.24, 2.45) is 16.9 Å². The number of para-hydroxylation sites is 1. The first-order chi connectivity index (χ1) is 15.1. The Bertz CT molecular complexity index is 949. The van der Waals surface area contributed by atoms with Gasteiger partial charge < -0.3 is 19.9 Å². The molecule has 4 unspecified atom stereocenters. The maximum Gasteiger partial charge on any atom is 0.341 e. The number of carbonyl (C=O) groups excluding carboxylic acids is 1. The number of carboxylic acid groups (broad SMARTS) is 1. The molecule has 2 heterocycles. The number of benzene rings is 2. The minimum atomic E-state index is -1.01. The third-order valence-electron chi connectivity index (χ3n) is 5.66. The summed E-state index contributed by atoms with van der Waals surface area (Å²) in [6.07, 6.45) is 4.79. The van der Waals surface area contributed by atoms with E-state index in [1.807, 2.05) is 36.4 Å². The lowest BCUT2D eigenvalue weighted by atomic mass is 9.77. The molecule has 4 rings (SSSR count). The van der Waals surface area contributed by atoms with E-state index in [0.717, 1.165) is 24.8 Å². The van der Waals surface area contributed by atoms with Crippen LogP contribution in [0, 0.1) is 11.8 Å². The number of hydrazone groups is 1. The molecule has 31 heavy (non-hydrogen) atoms. The van der Waals surface area contributed by atoms with E-state index in [4.69, 9.17) is 14.6 Å². The molecule has 2 aliphatic heterocycles. The van der Waals surface area contributed by atoms with Crippen molar-refractivity contribution in [1.29, 1.82) is 0 Å². The van der Waals surface area contributed by atoms with Crippen molar-refractivity contribution < 1.29 is 24.2 Å². The Hall–Kier alpha value is -3.39. The Morgan fingerprint density at radius 3 is 2.74 bits per heavy atom. The molecule has 0 spiro atoms. The van der Waals surface area contributed by atoms with Crippen molar-refractivity contribution in [3.8, 4) is 5.75 Å². The van der Waals surface area contributed by atoms with Gasteiger partial charge in [-0.3, -0.25) is 0 Å². The summed E-state index contributed by atoms with van der Waals surface area (Å²) in [5.74, 6) is -0.143. The van der Waals surface area contributed by atoms with Crippen LogP contribution in [0.3, 0.4) is 0 Å². The fraction of sp³-hybridized carbons (Fsp3) is 0.348. The average Bonchev–Trinajstić information content (AvgIpc) is 3.36. The summed E-state index contributed by atoms with van der Waals surface area (Å²) >= 11 is 0. The number of amides is 2. The highest BCUT2D eigenvalue weighted by Crippen LogP contribution is 2.44. The quantitative estimate of drug-likeness (QED) is 0.446. The van der Waals surface area contributed by atoms with Crippen LogP contribution in [0.25, 0.3) is 0 Å². The molecule has 2 aromatic rings. The van der Waals surface area contributed by atoms with Gasteiger partial charge in [-0.2, -0.15) is 5.10 Å². The van der Waals surface area contributed by atoms with E-state index in [2.05, 4.69) is 15.8 Å². The number of urea groups is 1. The normalized spacial score (nSPS) is 24.3. The van der Waals surface area contributed by atoms with Gasteiger partial charge in [-0.15, -0.1) is 0 Å². The molecule has 8 heteroatoms. The van der Waals surface area contributed by atoms with Gasteiger partial charge in [-0.25, -0.2) is 15.0 Å². The van der Waals surface area contributed by atoms with Crippen LogP contribution in [0.15, 0.2) is 59.7 Å². The highest BCUT2D eigenvalue weighted by atomic mass is 16.5. The zero-order valence-electron chi connectivity index (χ0n) is 16.9. The van der Waals surface area contributed by atoms with Gasteiger partial charge in [0.1, 0.15) is 5.75 Å². The third kappa shape index (κ3) is 5.40. The smallest absolute Gasteiger partial charge is 0.341 e. The highest BCUT2D eigenvalue weighted by Gasteiger charge is 2.48. The Morgan fingerprint density at radius 1 is 1.13 bits per heavy atom. The summed E-state index contributed by atoms with van der Waals surface area (Å²) in [4.78, 5) is 22.8. The van der Waals surface area contributed by atoms with Gasteiger partial charge in [0.05, 0.1) is 12.2 Å². The summed E-state index contributed by atoms with van der Waals surface area (Å²) in [5.41, 5.74) is 4.28. The van der Waals surface area contributed by atoms with Gasteiger partial charge >= 0.3 is 12.0 Å². The largest absolute Gasteiger partial charge is 0.482 e. The molecule has 2 aromatic carbocycles. The lowest BCUT2D eigenvalue weighted by molar-refractivity contribution is -0.139. The molecule has 2 aliphatic rings. The third-order valence-corrected chi connectivity index (χ3v) is 5.66. The molecular formula is C23H25N3O5. The van der Waals surface area contributed by atoms with E-state index >= 15 is 0 Å². The second-order valence-electron chi connectivity index (χ2n) is 7.78. The van der Waals surface area contributed by atoms with E-state index in [0.29, 0.717) is 11.4 Å². The van der Waals surface area contributed by atoms with Crippen molar-refractivity contribution in [2.75, 3.05) is 11.9 Å². The van der Waals surface area contributed by atoms with Crippen molar-refractivity contribution in [3.63, 3.8) is 0 Å². The number of hydrogen-bond donors (Lipinski definition) is 3. The first kappa shape index (κ1) is 20.9. The van der Waals surface area contributed by atoms with E-state index in [-0.39, 0.29) is 30.7 Å². The number of hydrogen-bond acceptors (Lipinski definition) is 5. The maximum atomic E-state index is 12.0. The first-order valence-electron chi connectivity index (χ1n) is 10.3. The first-order valence-corrected chi connectivity index (χ1v) is 10.3. The molecule has 2 bridgehead atoms. The second kappa shape index (κ2) is 9.61. The van der Waals surface area contributed by atoms with Gasteiger partial charge in [0.15, 0.2) is 6.61 Å². The summed E-state index contributed by atoms with van der Waals surface area (Å²) < 4.78 is 11.4. The van der Waals surface area contributed by atoms with Crippen LogP contribution in [-0.4, -0.2) is 42.1 Å². The molecular weight excluding hydrogens is 398 g/mol. The summed E-state index contributed by atoms with van der Waals surface area (Å²) in [6, 6.07) is 16.3. The summed E-state index contributed by atoms with van der Waals surface area (Å²) in [7, 11) is 0. The van der Waals surface area contributed by atoms with Crippen LogP contribution in [-0.2, 0) is 16.0 Å². The SMILES string of the molecule is O=C(O)COc1cccc(CC2C3CCC(O3)C2/C=N/NC(=O)Nc2ccccc2)c1. The van der Waals surface area contributed by atoms with E-state index in [1.54, 1.807) is 24.4 Å². The Morgan fingerprint density at radius 2 is 1.94 bits per heavy atom. The molecule has 0 radical (unpaired) electrons. The number of anilines is 1. The van der Waals surface area contributed by atoms with Gasteiger partial charge in [0.2, 0.25) is 0 Å². The number of fused-ring (bicyclic) bond motifs is 2. The molecule has 2 amide bonds. The summed E-state index contributed by atoms with van der Waals surface area (Å²) in [5, 5.41) is 15.7. The predicted octanol–water partition coefficient (Wildman–Crippen LogP) is 3.29. The van der Waals surface area contributed by atoms with Crippen LogP contribution in [0.4, 0.5) is 10.5 Å². The number of nitrogens with zero attached hydrogens (tertiary/aromatic N) is 1. The van der Waals surface area contributed by atoms with Gasteiger partial charge in [-0.05, 0) is 55.0 Å². The molecule has 162 valence electrons. The Labute approximate surface area is 180 Å². The molecule has 0 saturated carbocycles.